The summed E-state index contributed by atoms with van der Waals surface area (Å²) in [6, 6.07) is 25.1. The third-order valence-corrected chi connectivity index (χ3v) is 7.85. The predicted molar refractivity (Wildman–Crippen MR) is 154 cm³/mol. The van der Waals surface area contributed by atoms with Crippen LogP contribution in [0, 0.1) is 0 Å². The van der Waals surface area contributed by atoms with Gasteiger partial charge in [-0.15, -0.1) is 0 Å². The van der Waals surface area contributed by atoms with Crippen molar-refractivity contribution >= 4 is 11.6 Å². The number of carbonyl (C=O) groups excluding carboxylic acids is 1. The molecule has 5 rings (SSSR count). The van der Waals surface area contributed by atoms with Gasteiger partial charge in [0.05, 0.1) is 0 Å². The fraction of sp³-hybridized carbons (Fsp3) is 0.375. The van der Waals surface area contributed by atoms with Crippen LogP contribution in [0.3, 0.4) is 0 Å². The fourth-order valence-corrected chi connectivity index (χ4v) is 5.32. The van der Waals surface area contributed by atoms with Crippen LogP contribution < -0.4 is 0 Å². The van der Waals surface area contributed by atoms with Crippen molar-refractivity contribution in [3.63, 3.8) is 0 Å². The molecular formula is C32H39N5O. The van der Waals surface area contributed by atoms with Crippen LogP contribution >= 0.6 is 0 Å². The van der Waals surface area contributed by atoms with E-state index in [1.807, 2.05) is 23.2 Å². The van der Waals surface area contributed by atoms with E-state index in [-0.39, 0.29) is 5.91 Å². The standard InChI is InChI=1S/C32H39N5O/c1-27(36-22-18-34(19-23-36)16-14-28-8-4-2-5-9-28)30-12-13-31(33-26-30)32(38)37-24-20-35(21-25-37)17-15-29-10-6-3-7-11-29/h2-13,26H,1,14-25H2. The highest BCUT2D eigenvalue weighted by Gasteiger charge is 2.23. The average molecular weight is 510 g/mol. The normalized spacial score (nSPS) is 16.9. The van der Waals surface area contributed by atoms with Gasteiger partial charge < -0.3 is 9.80 Å². The Hall–Kier alpha value is -3.48. The second kappa shape index (κ2) is 12.9. The van der Waals surface area contributed by atoms with Gasteiger partial charge in [0.1, 0.15) is 5.69 Å². The van der Waals surface area contributed by atoms with Crippen LogP contribution in [0.2, 0.25) is 0 Å². The Morgan fingerprint density at radius 1 is 0.658 bits per heavy atom. The number of rotatable bonds is 9. The van der Waals surface area contributed by atoms with E-state index in [2.05, 4.69) is 86.9 Å². The van der Waals surface area contributed by atoms with E-state index >= 15 is 0 Å². The Balaban J connectivity index is 1.05. The lowest BCUT2D eigenvalue weighted by Crippen LogP contribution is -2.49. The van der Waals surface area contributed by atoms with E-state index in [0.29, 0.717) is 5.69 Å². The van der Waals surface area contributed by atoms with Crippen molar-refractivity contribution in [2.75, 3.05) is 65.4 Å². The van der Waals surface area contributed by atoms with Gasteiger partial charge >= 0.3 is 0 Å². The first-order chi connectivity index (χ1) is 18.7. The number of hydrogen-bond donors (Lipinski definition) is 0. The van der Waals surface area contributed by atoms with Crippen molar-refractivity contribution in [2.45, 2.75) is 12.8 Å². The molecule has 198 valence electrons. The van der Waals surface area contributed by atoms with Crippen molar-refractivity contribution in [1.82, 2.24) is 24.6 Å². The number of piperazine rings is 2. The lowest BCUT2D eigenvalue weighted by molar-refractivity contribution is 0.0632. The second-order valence-corrected chi connectivity index (χ2v) is 10.3. The zero-order valence-electron chi connectivity index (χ0n) is 22.3. The van der Waals surface area contributed by atoms with Crippen LogP contribution in [-0.2, 0) is 12.8 Å². The molecule has 0 spiro atoms. The monoisotopic (exact) mass is 509 g/mol. The SMILES string of the molecule is C=C(c1ccc(C(=O)N2CCN(CCc3ccccc3)CC2)nc1)N1CCN(CCc2ccccc2)CC1. The number of hydrogen-bond acceptors (Lipinski definition) is 5. The van der Waals surface area contributed by atoms with Crippen LogP contribution in [0.5, 0.6) is 0 Å². The molecule has 6 heteroatoms. The lowest BCUT2D eigenvalue weighted by Gasteiger charge is -2.37. The molecule has 2 aliphatic rings. The van der Waals surface area contributed by atoms with E-state index < -0.39 is 0 Å². The van der Waals surface area contributed by atoms with Gasteiger partial charge in [0, 0.05) is 82.9 Å². The summed E-state index contributed by atoms with van der Waals surface area (Å²) in [5.74, 6) is 0.0249. The molecule has 3 aromatic rings. The van der Waals surface area contributed by atoms with Gasteiger partial charge in [-0.05, 0) is 36.1 Å². The van der Waals surface area contributed by atoms with Gasteiger partial charge in [0.2, 0.25) is 0 Å². The number of benzene rings is 2. The molecule has 2 saturated heterocycles. The topological polar surface area (TPSA) is 42.9 Å². The summed E-state index contributed by atoms with van der Waals surface area (Å²) >= 11 is 0. The van der Waals surface area contributed by atoms with Crippen molar-refractivity contribution in [2.24, 2.45) is 0 Å². The van der Waals surface area contributed by atoms with Gasteiger partial charge in [-0.2, -0.15) is 0 Å². The molecule has 0 aliphatic carbocycles. The molecule has 2 aromatic carbocycles. The summed E-state index contributed by atoms with van der Waals surface area (Å²) in [6.07, 6.45) is 3.95. The highest BCUT2D eigenvalue weighted by molar-refractivity contribution is 5.92. The summed E-state index contributed by atoms with van der Waals surface area (Å²) < 4.78 is 0. The maximum absolute atomic E-state index is 13.1. The summed E-state index contributed by atoms with van der Waals surface area (Å²) in [5.41, 5.74) is 5.26. The molecule has 6 nitrogen and oxygen atoms in total. The number of aromatic nitrogens is 1. The minimum absolute atomic E-state index is 0.0249. The number of nitrogens with zero attached hydrogens (tertiary/aromatic N) is 5. The minimum atomic E-state index is 0.0249. The quantitative estimate of drug-likeness (QED) is 0.438. The predicted octanol–water partition coefficient (Wildman–Crippen LogP) is 3.91. The van der Waals surface area contributed by atoms with Crippen LogP contribution in [0.15, 0.2) is 85.6 Å². The van der Waals surface area contributed by atoms with E-state index in [4.69, 9.17) is 0 Å². The fourth-order valence-electron chi connectivity index (χ4n) is 5.32. The molecular weight excluding hydrogens is 470 g/mol. The van der Waals surface area contributed by atoms with Gasteiger partial charge in [-0.3, -0.25) is 19.6 Å². The summed E-state index contributed by atoms with van der Waals surface area (Å²) in [7, 11) is 0. The molecule has 1 amide bonds. The number of amides is 1. The molecule has 0 atom stereocenters. The van der Waals surface area contributed by atoms with Crippen LogP contribution in [0.25, 0.3) is 5.70 Å². The first kappa shape index (κ1) is 26.1. The Kier molecular flexibility index (Phi) is 8.84. The Bertz CT molecular complexity index is 1070. The van der Waals surface area contributed by atoms with E-state index in [1.54, 1.807) is 0 Å². The van der Waals surface area contributed by atoms with E-state index in [0.717, 1.165) is 89.5 Å². The van der Waals surface area contributed by atoms with Crippen LogP contribution in [0.1, 0.15) is 27.2 Å². The van der Waals surface area contributed by atoms with Gasteiger partial charge in [0.15, 0.2) is 0 Å². The van der Waals surface area contributed by atoms with Gasteiger partial charge in [-0.25, -0.2) is 0 Å². The van der Waals surface area contributed by atoms with Crippen molar-refractivity contribution in [1.29, 1.82) is 0 Å². The van der Waals surface area contributed by atoms with E-state index in [9.17, 15) is 4.79 Å². The van der Waals surface area contributed by atoms with Gasteiger partial charge in [0.25, 0.3) is 5.91 Å². The third-order valence-electron chi connectivity index (χ3n) is 7.85. The Morgan fingerprint density at radius 3 is 1.63 bits per heavy atom. The maximum Gasteiger partial charge on any atom is 0.272 e. The first-order valence-electron chi connectivity index (χ1n) is 13.9. The molecule has 0 bridgehead atoms. The third kappa shape index (κ3) is 6.88. The average Bonchev–Trinajstić information content (AvgIpc) is 3.00. The summed E-state index contributed by atoms with van der Waals surface area (Å²) in [6.45, 7) is 13.8. The minimum Gasteiger partial charge on any atom is -0.369 e. The molecule has 0 unspecified atom stereocenters. The number of pyridine rings is 1. The highest BCUT2D eigenvalue weighted by atomic mass is 16.2. The Morgan fingerprint density at radius 2 is 1.16 bits per heavy atom. The smallest absolute Gasteiger partial charge is 0.272 e. The summed E-state index contributed by atoms with van der Waals surface area (Å²) in [5, 5.41) is 0. The maximum atomic E-state index is 13.1. The zero-order chi connectivity index (χ0) is 26.2. The first-order valence-corrected chi connectivity index (χ1v) is 13.9. The summed E-state index contributed by atoms with van der Waals surface area (Å²) in [4.78, 5) is 26.9. The van der Waals surface area contributed by atoms with Crippen LogP contribution in [0.4, 0.5) is 0 Å². The van der Waals surface area contributed by atoms with Crippen molar-refractivity contribution in [3.05, 3.63) is 108 Å². The number of carbonyl (C=O) groups is 1. The highest BCUT2D eigenvalue weighted by Crippen LogP contribution is 2.20. The molecule has 0 saturated carbocycles. The molecule has 1 aromatic heterocycles. The molecule has 0 radical (unpaired) electrons. The second-order valence-electron chi connectivity index (χ2n) is 10.3. The Labute approximate surface area is 227 Å². The van der Waals surface area contributed by atoms with Crippen LogP contribution in [-0.4, -0.2) is 95.9 Å². The van der Waals surface area contributed by atoms with Crippen molar-refractivity contribution < 1.29 is 4.79 Å². The molecule has 2 fully saturated rings. The largest absolute Gasteiger partial charge is 0.369 e. The molecule has 0 N–H and O–H groups in total. The van der Waals surface area contributed by atoms with Gasteiger partial charge in [-0.1, -0.05) is 67.2 Å². The lowest BCUT2D eigenvalue weighted by atomic mass is 10.1. The van der Waals surface area contributed by atoms with E-state index in [1.165, 1.54) is 11.1 Å². The zero-order valence-corrected chi connectivity index (χ0v) is 22.3. The molecule has 2 aliphatic heterocycles. The van der Waals surface area contributed by atoms with Crippen molar-refractivity contribution in [3.8, 4) is 0 Å². The molecule has 3 heterocycles. The molecule has 38 heavy (non-hydrogen) atoms.